The first kappa shape index (κ1) is 31.9. The van der Waals surface area contributed by atoms with Gasteiger partial charge >= 0.3 is 0 Å². The zero-order valence-electron chi connectivity index (χ0n) is 23.7. The minimum absolute atomic E-state index is 0. The van der Waals surface area contributed by atoms with E-state index in [0.29, 0.717) is 0 Å². The van der Waals surface area contributed by atoms with Crippen LogP contribution in [-0.2, 0) is 6.42 Å². The summed E-state index contributed by atoms with van der Waals surface area (Å²) < 4.78 is 0. The highest BCUT2D eigenvalue weighted by Gasteiger charge is 2.13. The number of hydrogen-bond donors (Lipinski definition) is 4. The maximum absolute atomic E-state index is 3.42. The van der Waals surface area contributed by atoms with Gasteiger partial charge in [-0.05, 0) is 63.7 Å². The molecule has 42 heavy (non-hydrogen) atoms. The molecule has 0 fully saturated rings. The molecule has 4 nitrogen and oxygen atoms in total. The summed E-state index contributed by atoms with van der Waals surface area (Å²) in [6.45, 7) is 0. The molecule has 6 aromatic carbocycles. The van der Waals surface area contributed by atoms with Crippen molar-refractivity contribution in [3.63, 3.8) is 0 Å². The van der Waals surface area contributed by atoms with Crippen molar-refractivity contribution >= 4 is 40.0 Å². The zero-order valence-corrected chi connectivity index (χ0v) is 24.6. The fraction of sp³-hybridized carbons (Fsp3) is 0.0270. The van der Waals surface area contributed by atoms with E-state index in [9.17, 15) is 0 Å². The fourth-order valence-electron chi connectivity index (χ4n) is 4.91. The second-order valence-corrected chi connectivity index (χ2v) is 10.5. The highest BCUT2D eigenvalue weighted by molar-refractivity contribution is 7.99. The van der Waals surface area contributed by atoms with E-state index in [1.54, 1.807) is 0 Å². The lowest BCUT2D eigenvalue weighted by molar-refractivity contribution is 1.29. The Labute approximate surface area is 253 Å². The van der Waals surface area contributed by atoms with E-state index in [0.717, 1.165) is 6.42 Å². The van der Waals surface area contributed by atoms with Crippen molar-refractivity contribution in [2.45, 2.75) is 16.2 Å². The summed E-state index contributed by atoms with van der Waals surface area (Å²) in [5.74, 6) is 0. The normalized spacial score (nSPS) is 11.1. The topological polar surface area (TPSA) is 117 Å². The SMILES string of the molecule is C1=Cc2cccc3cccc(c23)C1.N.N.N.c1ccc(-c2ccccc2)cc1.c1ccc2c(c1)Nc1ccccc1S2. The molecular weight excluding hydrogens is 533 g/mol. The lowest BCUT2D eigenvalue weighted by Crippen LogP contribution is -1.98. The van der Waals surface area contributed by atoms with Crippen LogP contribution in [0.2, 0.25) is 0 Å². The van der Waals surface area contributed by atoms with Gasteiger partial charge in [0.05, 0.1) is 11.4 Å². The van der Waals surface area contributed by atoms with Gasteiger partial charge in [0, 0.05) is 9.79 Å². The number of rotatable bonds is 1. The number of nitrogens with one attached hydrogen (secondary N) is 1. The predicted molar refractivity (Wildman–Crippen MR) is 184 cm³/mol. The highest BCUT2D eigenvalue weighted by atomic mass is 32.2. The van der Waals surface area contributed by atoms with E-state index in [-0.39, 0.29) is 18.5 Å². The third-order valence-electron chi connectivity index (χ3n) is 6.80. The molecule has 8 rings (SSSR count). The van der Waals surface area contributed by atoms with Crippen molar-refractivity contribution in [1.29, 1.82) is 0 Å². The number of para-hydroxylation sites is 2. The molecule has 0 radical (unpaired) electrons. The Morgan fingerprint density at radius 1 is 0.476 bits per heavy atom. The van der Waals surface area contributed by atoms with Crippen LogP contribution in [0.25, 0.3) is 28.0 Å². The number of allylic oxidation sites excluding steroid dienone is 1. The molecule has 212 valence electrons. The van der Waals surface area contributed by atoms with E-state index in [1.807, 2.05) is 23.9 Å². The third kappa shape index (κ3) is 7.35. The van der Waals surface area contributed by atoms with Crippen LogP contribution in [0.3, 0.4) is 0 Å². The Morgan fingerprint density at radius 3 is 1.55 bits per heavy atom. The van der Waals surface area contributed by atoms with Crippen molar-refractivity contribution in [1.82, 2.24) is 18.5 Å². The molecule has 1 aliphatic carbocycles. The van der Waals surface area contributed by atoms with Crippen LogP contribution in [0, 0.1) is 0 Å². The van der Waals surface area contributed by atoms with Crippen LogP contribution in [-0.4, -0.2) is 0 Å². The molecule has 1 aliphatic heterocycles. The Morgan fingerprint density at radius 2 is 0.976 bits per heavy atom. The predicted octanol–water partition coefficient (Wildman–Crippen LogP) is 11.1. The maximum Gasteiger partial charge on any atom is 0.0526 e. The van der Waals surface area contributed by atoms with Crippen molar-refractivity contribution < 1.29 is 0 Å². The molecule has 6 aromatic rings. The largest absolute Gasteiger partial charge is 0.354 e. The van der Waals surface area contributed by atoms with Gasteiger partial charge < -0.3 is 23.8 Å². The van der Waals surface area contributed by atoms with Crippen molar-refractivity contribution in [2.75, 3.05) is 5.32 Å². The fourth-order valence-corrected chi connectivity index (χ4v) is 5.90. The molecule has 0 saturated carbocycles. The summed E-state index contributed by atoms with van der Waals surface area (Å²) in [6.07, 6.45) is 5.53. The second kappa shape index (κ2) is 15.4. The van der Waals surface area contributed by atoms with E-state index < -0.39 is 0 Å². The summed E-state index contributed by atoms with van der Waals surface area (Å²) in [4.78, 5) is 2.59. The van der Waals surface area contributed by atoms with Crippen LogP contribution in [0.4, 0.5) is 11.4 Å². The Hall–Kier alpha value is -4.65. The molecule has 10 N–H and O–H groups in total. The summed E-state index contributed by atoms with van der Waals surface area (Å²) in [7, 11) is 0. The molecule has 0 bridgehead atoms. The average Bonchev–Trinajstić information content (AvgIpc) is 3.02. The van der Waals surface area contributed by atoms with Crippen LogP contribution in [0.15, 0.2) is 161 Å². The van der Waals surface area contributed by atoms with Gasteiger partial charge in [-0.15, -0.1) is 0 Å². The Balaban J connectivity index is 0.000000167. The number of benzene rings is 6. The highest BCUT2D eigenvalue weighted by Crippen LogP contribution is 2.43. The first-order valence-electron chi connectivity index (χ1n) is 13.3. The van der Waals surface area contributed by atoms with Crippen LogP contribution >= 0.6 is 11.8 Å². The van der Waals surface area contributed by atoms with E-state index in [2.05, 4.69) is 151 Å². The quantitative estimate of drug-likeness (QED) is 0.157. The molecular formula is C37H38N4S. The molecule has 0 saturated heterocycles. The van der Waals surface area contributed by atoms with Crippen molar-refractivity contribution in [3.05, 3.63) is 163 Å². The molecule has 1 heterocycles. The zero-order chi connectivity index (χ0) is 26.3. The van der Waals surface area contributed by atoms with Crippen LogP contribution in [0.1, 0.15) is 11.1 Å². The first-order chi connectivity index (χ1) is 19.3. The molecule has 0 amide bonds. The van der Waals surface area contributed by atoms with Gasteiger partial charge in [0.1, 0.15) is 0 Å². The smallest absolute Gasteiger partial charge is 0.0526 e. The number of hydrogen-bond acceptors (Lipinski definition) is 5. The van der Waals surface area contributed by atoms with Crippen LogP contribution < -0.4 is 23.8 Å². The summed E-state index contributed by atoms with van der Waals surface area (Å²) in [5, 5.41) is 6.22. The minimum Gasteiger partial charge on any atom is -0.354 e. The molecule has 0 aromatic heterocycles. The molecule has 5 heteroatoms. The molecule has 0 atom stereocenters. The average molecular weight is 571 g/mol. The Bertz CT molecular complexity index is 1600. The van der Waals surface area contributed by atoms with Gasteiger partial charge in [0.2, 0.25) is 0 Å². The van der Waals surface area contributed by atoms with E-state index >= 15 is 0 Å². The minimum atomic E-state index is 0. The summed E-state index contributed by atoms with van der Waals surface area (Å²) in [5.41, 5.74) is 7.78. The van der Waals surface area contributed by atoms with Crippen LogP contribution in [0.5, 0.6) is 0 Å². The molecule has 2 aliphatic rings. The number of fused-ring (bicyclic) bond motifs is 2. The van der Waals surface area contributed by atoms with Crippen molar-refractivity contribution in [2.24, 2.45) is 0 Å². The van der Waals surface area contributed by atoms with Gasteiger partial charge in [-0.3, -0.25) is 0 Å². The van der Waals surface area contributed by atoms with Gasteiger partial charge in [-0.1, -0.05) is 145 Å². The monoisotopic (exact) mass is 570 g/mol. The Kier molecular flexibility index (Phi) is 11.7. The van der Waals surface area contributed by atoms with Gasteiger partial charge in [0.25, 0.3) is 0 Å². The van der Waals surface area contributed by atoms with Gasteiger partial charge in [-0.25, -0.2) is 0 Å². The van der Waals surface area contributed by atoms with E-state index in [1.165, 1.54) is 54.2 Å². The maximum atomic E-state index is 3.42. The summed E-state index contributed by atoms with van der Waals surface area (Å²) >= 11 is 1.82. The molecule has 0 spiro atoms. The van der Waals surface area contributed by atoms with E-state index in [4.69, 9.17) is 0 Å². The summed E-state index contributed by atoms with van der Waals surface area (Å²) in [6, 6.07) is 50.6. The second-order valence-electron chi connectivity index (χ2n) is 9.42. The van der Waals surface area contributed by atoms with Crippen molar-refractivity contribution in [3.8, 4) is 11.1 Å². The van der Waals surface area contributed by atoms with Gasteiger partial charge in [-0.2, -0.15) is 0 Å². The lowest BCUT2D eigenvalue weighted by atomic mass is 9.93. The standard InChI is InChI=1S/C13H10.C12H9NS.C12H10.3H3N/c1-4-10-6-2-8-12-9-3-7-11(5-1)13(10)12;1-3-7-11-9(5-1)13-10-6-2-4-8-12(10)14-11;1-3-7-11(8-4-1)12-9-5-2-6-10-12;;;/h1-8H,9H2;1-8,13H;1-10H;3*1H3. The first-order valence-corrected chi connectivity index (χ1v) is 14.1. The third-order valence-corrected chi connectivity index (χ3v) is 7.95. The lowest BCUT2D eigenvalue weighted by Gasteiger charge is -2.19. The number of anilines is 2. The van der Waals surface area contributed by atoms with Gasteiger partial charge in [0.15, 0.2) is 0 Å². The molecule has 0 unspecified atom stereocenters.